The van der Waals surface area contributed by atoms with Gasteiger partial charge >= 0.3 is 0 Å². The van der Waals surface area contributed by atoms with E-state index in [4.69, 9.17) is 0 Å². The van der Waals surface area contributed by atoms with Crippen molar-refractivity contribution in [2.24, 2.45) is 0 Å². The summed E-state index contributed by atoms with van der Waals surface area (Å²) in [4.78, 5) is 12.5. The van der Waals surface area contributed by atoms with Gasteiger partial charge in [-0.3, -0.25) is 4.79 Å². The number of hydrogen-bond donors (Lipinski definition) is 1. The van der Waals surface area contributed by atoms with E-state index in [1.54, 1.807) is 0 Å². The zero-order valence-corrected chi connectivity index (χ0v) is 11.0. The summed E-state index contributed by atoms with van der Waals surface area (Å²) in [7, 11) is 0. The van der Waals surface area contributed by atoms with Gasteiger partial charge in [0.25, 0.3) is 0 Å². The third-order valence-electron chi connectivity index (χ3n) is 1.91. The highest BCUT2D eigenvalue weighted by Crippen LogP contribution is 2.15. The van der Waals surface area contributed by atoms with E-state index in [2.05, 4.69) is 19.2 Å². The Morgan fingerprint density at radius 1 is 1.53 bits per heavy atom. The fourth-order valence-electron chi connectivity index (χ4n) is 1.18. The van der Waals surface area contributed by atoms with Gasteiger partial charge in [-0.15, -0.1) is 23.7 Å². The van der Waals surface area contributed by atoms with Crippen molar-refractivity contribution >= 4 is 29.5 Å². The number of hydrogen-bond acceptors (Lipinski definition) is 3. The number of halogens is 1. The highest BCUT2D eigenvalue weighted by molar-refractivity contribution is 7.12. The minimum Gasteiger partial charge on any atom is -0.314 e. The first-order chi connectivity index (χ1) is 6.59. The van der Waals surface area contributed by atoms with Crippen LogP contribution in [0.2, 0.25) is 0 Å². The fourth-order valence-corrected chi connectivity index (χ4v) is 2.04. The standard InChI is InChI=1S/C11H17NOS.ClH/c1-8(2)12-5-4-10(13)11-6-9(3)7-14-11;/h6-8,12H,4-5H2,1-3H3;1H. The highest BCUT2D eigenvalue weighted by atomic mass is 35.5. The molecule has 0 radical (unpaired) electrons. The van der Waals surface area contributed by atoms with Crippen molar-refractivity contribution in [1.82, 2.24) is 5.32 Å². The molecule has 0 unspecified atom stereocenters. The predicted octanol–water partition coefficient (Wildman–Crippen LogP) is 3.05. The van der Waals surface area contributed by atoms with E-state index in [1.165, 1.54) is 16.9 Å². The number of carbonyl (C=O) groups excluding carboxylic acids is 1. The van der Waals surface area contributed by atoms with Gasteiger partial charge in [0, 0.05) is 19.0 Å². The molecule has 15 heavy (non-hydrogen) atoms. The molecule has 1 N–H and O–H groups in total. The Morgan fingerprint density at radius 3 is 2.67 bits per heavy atom. The molecule has 0 aromatic carbocycles. The normalized spacial score (nSPS) is 10.1. The van der Waals surface area contributed by atoms with E-state index in [1.807, 2.05) is 18.4 Å². The lowest BCUT2D eigenvalue weighted by Crippen LogP contribution is -2.25. The van der Waals surface area contributed by atoms with Crippen LogP contribution in [0.3, 0.4) is 0 Å². The second-order valence-corrected chi connectivity index (χ2v) is 4.68. The zero-order valence-electron chi connectivity index (χ0n) is 9.37. The Labute approximate surface area is 101 Å². The molecule has 0 aliphatic carbocycles. The first-order valence-electron chi connectivity index (χ1n) is 4.91. The Balaban J connectivity index is 0.00000196. The Morgan fingerprint density at radius 2 is 2.20 bits per heavy atom. The molecule has 0 amide bonds. The van der Waals surface area contributed by atoms with E-state index < -0.39 is 0 Å². The fraction of sp³-hybridized carbons (Fsp3) is 0.545. The van der Waals surface area contributed by atoms with Crippen LogP contribution in [0.15, 0.2) is 11.4 Å². The molecule has 0 aliphatic heterocycles. The molecular weight excluding hydrogens is 230 g/mol. The van der Waals surface area contributed by atoms with Gasteiger partial charge in [0.2, 0.25) is 0 Å². The first kappa shape index (κ1) is 14.6. The van der Waals surface area contributed by atoms with Crippen LogP contribution in [-0.2, 0) is 0 Å². The van der Waals surface area contributed by atoms with Gasteiger partial charge in [-0.1, -0.05) is 13.8 Å². The molecule has 0 bridgehead atoms. The first-order valence-corrected chi connectivity index (χ1v) is 5.79. The van der Waals surface area contributed by atoms with E-state index in [0.717, 1.165) is 11.4 Å². The van der Waals surface area contributed by atoms with Crippen molar-refractivity contribution in [3.05, 3.63) is 21.9 Å². The van der Waals surface area contributed by atoms with Crippen LogP contribution < -0.4 is 5.32 Å². The summed E-state index contributed by atoms with van der Waals surface area (Å²) in [5.74, 6) is 0.247. The number of rotatable bonds is 5. The van der Waals surface area contributed by atoms with E-state index in [9.17, 15) is 4.79 Å². The van der Waals surface area contributed by atoms with Gasteiger partial charge in [0.05, 0.1) is 4.88 Å². The Bertz CT molecular complexity index is 309. The molecule has 1 heterocycles. The second-order valence-electron chi connectivity index (χ2n) is 3.77. The van der Waals surface area contributed by atoms with Crippen molar-refractivity contribution in [3.63, 3.8) is 0 Å². The van der Waals surface area contributed by atoms with Crippen molar-refractivity contribution in [3.8, 4) is 0 Å². The summed E-state index contributed by atoms with van der Waals surface area (Å²) in [6, 6.07) is 2.41. The molecular formula is C11H18ClNOS. The average molecular weight is 248 g/mol. The topological polar surface area (TPSA) is 29.1 Å². The summed E-state index contributed by atoms with van der Waals surface area (Å²) < 4.78 is 0. The van der Waals surface area contributed by atoms with Gasteiger partial charge < -0.3 is 5.32 Å². The van der Waals surface area contributed by atoms with Crippen LogP contribution in [0.1, 0.15) is 35.5 Å². The smallest absolute Gasteiger partial charge is 0.174 e. The number of thiophene rings is 1. The predicted molar refractivity (Wildman–Crippen MR) is 68.4 cm³/mol. The summed E-state index contributed by atoms with van der Waals surface area (Å²) in [6.45, 7) is 6.95. The maximum Gasteiger partial charge on any atom is 0.174 e. The molecule has 1 aromatic heterocycles. The van der Waals surface area contributed by atoms with Crippen molar-refractivity contribution in [1.29, 1.82) is 0 Å². The quantitative estimate of drug-likeness (QED) is 0.811. The second kappa shape index (κ2) is 6.99. The van der Waals surface area contributed by atoms with Gasteiger partial charge in [-0.05, 0) is 23.9 Å². The minimum absolute atomic E-state index is 0. The van der Waals surface area contributed by atoms with Crippen molar-refractivity contribution in [2.75, 3.05) is 6.54 Å². The number of ketones is 1. The van der Waals surface area contributed by atoms with Gasteiger partial charge in [-0.2, -0.15) is 0 Å². The lowest BCUT2D eigenvalue weighted by Gasteiger charge is -2.05. The van der Waals surface area contributed by atoms with Crippen LogP contribution in [-0.4, -0.2) is 18.4 Å². The highest BCUT2D eigenvalue weighted by Gasteiger charge is 2.07. The molecule has 0 saturated heterocycles. The monoisotopic (exact) mass is 247 g/mol. The summed E-state index contributed by atoms with van der Waals surface area (Å²) in [5, 5.41) is 5.25. The molecule has 0 fully saturated rings. The number of carbonyl (C=O) groups is 1. The lowest BCUT2D eigenvalue weighted by atomic mass is 10.2. The molecule has 0 saturated carbocycles. The van der Waals surface area contributed by atoms with Crippen molar-refractivity contribution in [2.45, 2.75) is 33.2 Å². The van der Waals surface area contributed by atoms with Crippen LogP contribution in [0, 0.1) is 6.92 Å². The SMILES string of the molecule is Cc1csc(C(=O)CCNC(C)C)c1.Cl. The Hall–Kier alpha value is -0.380. The summed E-state index contributed by atoms with van der Waals surface area (Å²) in [5.41, 5.74) is 1.18. The third-order valence-corrected chi connectivity index (χ3v) is 3.00. The van der Waals surface area contributed by atoms with Crippen LogP contribution in [0.5, 0.6) is 0 Å². The molecule has 1 rings (SSSR count). The molecule has 86 valence electrons. The third kappa shape index (κ3) is 5.30. The maximum absolute atomic E-state index is 11.6. The molecule has 4 heteroatoms. The molecule has 1 aromatic rings. The maximum atomic E-state index is 11.6. The van der Waals surface area contributed by atoms with Crippen LogP contribution in [0.25, 0.3) is 0 Å². The number of nitrogens with one attached hydrogen (secondary N) is 1. The summed E-state index contributed by atoms with van der Waals surface area (Å²) in [6.07, 6.45) is 0.595. The van der Waals surface area contributed by atoms with Crippen LogP contribution >= 0.6 is 23.7 Å². The van der Waals surface area contributed by atoms with Gasteiger partial charge in [0.15, 0.2) is 5.78 Å². The number of Topliss-reactive ketones (excluding diaryl/α,β-unsaturated/α-hetero) is 1. The molecule has 0 aliphatic rings. The largest absolute Gasteiger partial charge is 0.314 e. The zero-order chi connectivity index (χ0) is 10.6. The van der Waals surface area contributed by atoms with E-state index in [-0.39, 0.29) is 18.2 Å². The Kier molecular flexibility index (Phi) is 6.81. The van der Waals surface area contributed by atoms with Crippen molar-refractivity contribution < 1.29 is 4.79 Å². The van der Waals surface area contributed by atoms with E-state index in [0.29, 0.717) is 12.5 Å². The molecule has 0 atom stereocenters. The minimum atomic E-state index is 0. The van der Waals surface area contributed by atoms with Crippen LogP contribution in [0.4, 0.5) is 0 Å². The molecule has 0 spiro atoms. The van der Waals surface area contributed by atoms with Gasteiger partial charge in [-0.25, -0.2) is 0 Å². The number of aryl methyl sites for hydroxylation is 1. The lowest BCUT2D eigenvalue weighted by molar-refractivity contribution is 0.0986. The molecule has 2 nitrogen and oxygen atoms in total. The summed E-state index contributed by atoms with van der Waals surface area (Å²) >= 11 is 1.54. The van der Waals surface area contributed by atoms with Gasteiger partial charge in [0.1, 0.15) is 0 Å². The average Bonchev–Trinajstić information content (AvgIpc) is 2.51. The van der Waals surface area contributed by atoms with E-state index >= 15 is 0 Å².